The molecule has 0 bridgehead atoms. The standard InChI is InChI=1S/C10H13BrO2/c1-2-13-9-5-3-8(4-6-9)10(12)7-11/h3-6,10,12H,2,7H2,1H3/t10-/m0/s1. The summed E-state index contributed by atoms with van der Waals surface area (Å²) in [5.74, 6) is 0.841. The van der Waals surface area contributed by atoms with Crippen molar-refractivity contribution in [2.24, 2.45) is 0 Å². The Kier molecular flexibility index (Phi) is 4.25. The van der Waals surface area contributed by atoms with Gasteiger partial charge in [0, 0.05) is 5.33 Å². The first-order chi connectivity index (χ1) is 6.27. The Balaban J connectivity index is 2.69. The molecule has 0 amide bonds. The second-order valence-electron chi connectivity index (χ2n) is 2.67. The van der Waals surface area contributed by atoms with E-state index in [2.05, 4.69) is 15.9 Å². The maximum atomic E-state index is 9.46. The lowest BCUT2D eigenvalue weighted by Gasteiger charge is -2.08. The molecule has 1 aromatic carbocycles. The predicted octanol–water partition coefficient (Wildman–Crippen LogP) is 2.51. The Hall–Kier alpha value is -0.540. The number of hydrogen-bond acceptors (Lipinski definition) is 2. The summed E-state index contributed by atoms with van der Waals surface area (Å²) in [5, 5.41) is 10.0. The maximum Gasteiger partial charge on any atom is 0.119 e. The molecule has 0 unspecified atom stereocenters. The maximum absolute atomic E-state index is 9.46. The minimum Gasteiger partial charge on any atom is -0.494 e. The van der Waals surface area contributed by atoms with Crippen molar-refractivity contribution in [2.75, 3.05) is 11.9 Å². The largest absolute Gasteiger partial charge is 0.494 e. The highest BCUT2D eigenvalue weighted by atomic mass is 79.9. The first kappa shape index (κ1) is 10.5. The van der Waals surface area contributed by atoms with E-state index in [1.807, 2.05) is 31.2 Å². The second-order valence-corrected chi connectivity index (χ2v) is 3.32. The average molecular weight is 245 g/mol. The molecule has 72 valence electrons. The van der Waals surface area contributed by atoms with Crippen molar-refractivity contribution in [3.05, 3.63) is 29.8 Å². The van der Waals surface area contributed by atoms with Crippen LogP contribution in [0.25, 0.3) is 0 Å². The molecule has 0 radical (unpaired) electrons. The molecule has 1 atom stereocenters. The van der Waals surface area contributed by atoms with Crippen LogP contribution in [0.1, 0.15) is 18.6 Å². The fraction of sp³-hybridized carbons (Fsp3) is 0.400. The molecule has 13 heavy (non-hydrogen) atoms. The van der Waals surface area contributed by atoms with Crippen molar-refractivity contribution < 1.29 is 9.84 Å². The Bertz CT molecular complexity index is 246. The molecule has 1 N–H and O–H groups in total. The number of rotatable bonds is 4. The van der Waals surface area contributed by atoms with E-state index >= 15 is 0 Å². The molecule has 0 saturated heterocycles. The Morgan fingerprint density at radius 3 is 2.46 bits per heavy atom. The Labute approximate surface area is 86.7 Å². The lowest BCUT2D eigenvalue weighted by Crippen LogP contribution is -1.98. The summed E-state index contributed by atoms with van der Waals surface area (Å²) in [6, 6.07) is 7.48. The fourth-order valence-electron chi connectivity index (χ4n) is 1.04. The van der Waals surface area contributed by atoms with Crippen molar-refractivity contribution >= 4 is 15.9 Å². The van der Waals surface area contributed by atoms with E-state index in [0.29, 0.717) is 11.9 Å². The van der Waals surface area contributed by atoms with Crippen LogP contribution < -0.4 is 4.74 Å². The van der Waals surface area contributed by atoms with Crippen LogP contribution in [0.2, 0.25) is 0 Å². The van der Waals surface area contributed by atoms with E-state index < -0.39 is 6.10 Å². The molecule has 0 aliphatic heterocycles. The van der Waals surface area contributed by atoms with Crippen LogP contribution in [0, 0.1) is 0 Å². The number of aliphatic hydroxyl groups is 1. The van der Waals surface area contributed by atoms with Crippen molar-refractivity contribution in [2.45, 2.75) is 13.0 Å². The minimum atomic E-state index is -0.435. The minimum absolute atomic E-state index is 0.435. The summed E-state index contributed by atoms with van der Waals surface area (Å²) in [4.78, 5) is 0. The van der Waals surface area contributed by atoms with Crippen LogP contribution in [0.5, 0.6) is 5.75 Å². The quantitative estimate of drug-likeness (QED) is 0.826. The summed E-state index contributed by atoms with van der Waals surface area (Å²) in [6.45, 7) is 2.61. The number of halogens is 1. The van der Waals surface area contributed by atoms with Gasteiger partial charge in [-0.3, -0.25) is 0 Å². The van der Waals surface area contributed by atoms with Gasteiger partial charge >= 0.3 is 0 Å². The smallest absolute Gasteiger partial charge is 0.119 e. The van der Waals surface area contributed by atoms with Gasteiger partial charge in [0.15, 0.2) is 0 Å². The van der Waals surface area contributed by atoms with Gasteiger partial charge in [-0.15, -0.1) is 0 Å². The number of ether oxygens (including phenoxy) is 1. The third-order valence-electron chi connectivity index (χ3n) is 1.72. The van der Waals surface area contributed by atoms with Crippen LogP contribution in [0.3, 0.4) is 0 Å². The van der Waals surface area contributed by atoms with Gasteiger partial charge in [-0.05, 0) is 24.6 Å². The molecule has 0 heterocycles. The van der Waals surface area contributed by atoms with Crippen molar-refractivity contribution in [3.63, 3.8) is 0 Å². The lowest BCUT2D eigenvalue weighted by atomic mass is 10.1. The zero-order valence-electron chi connectivity index (χ0n) is 7.53. The zero-order chi connectivity index (χ0) is 9.68. The van der Waals surface area contributed by atoms with E-state index in [1.165, 1.54) is 0 Å². The van der Waals surface area contributed by atoms with E-state index in [1.54, 1.807) is 0 Å². The van der Waals surface area contributed by atoms with E-state index in [-0.39, 0.29) is 0 Å². The first-order valence-corrected chi connectivity index (χ1v) is 5.37. The number of alkyl halides is 1. The predicted molar refractivity (Wildman–Crippen MR) is 56.4 cm³/mol. The van der Waals surface area contributed by atoms with Crippen molar-refractivity contribution in [3.8, 4) is 5.75 Å². The molecular weight excluding hydrogens is 232 g/mol. The molecule has 3 heteroatoms. The molecule has 2 nitrogen and oxygen atoms in total. The Morgan fingerprint density at radius 2 is 2.00 bits per heavy atom. The third kappa shape index (κ3) is 3.01. The van der Waals surface area contributed by atoms with Crippen LogP contribution in [-0.2, 0) is 0 Å². The van der Waals surface area contributed by atoms with E-state index in [9.17, 15) is 5.11 Å². The highest BCUT2D eigenvalue weighted by Crippen LogP contribution is 2.18. The summed E-state index contributed by atoms with van der Waals surface area (Å²) >= 11 is 3.22. The van der Waals surface area contributed by atoms with Crippen molar-refractivity contribution in [1.82, 2.24) is 0 Å². The number of hydrogen-bond donors (Lipinski definition) is 1. The van der Waals surface area contributed by atoms with Gasteiger partial charge in [-0.25, -0.2) is 0 Å². The van der Waals surface area contributed by atoms with Crippen LogP contribution in [0.4, 0.5) is 0 Å². The zero-order valence-corrected chi connectivity index (χ0v) is 9.12. The highest BCUT2D eigenvalue weighted by molar-refractivity contribution is 9.09. The molecular formula is C10H13BrO2. The van der Waals surface area contributed by atoms with Gasteiger partial charge in [0.05, 0.1) is 12.7 Å². The molecule has 0 spiro atoms. The van der Waals surface area contributed by atoms with E-state index in [4.69, 9.17) is 4.74 Å². The number of benzene rings is 1. The van der Waals surface area contributed by atoms with Gasteiger partial charge in [-0.1, -0.05) is 28.1 Å². The fourth-order valence-corrected chi connectivity index (χ4v) is 1.42. The molecule has 0 aliphatic carbocycles. The summed E-state index contributed by atoms with van der Waals surface area (Å²) in [7, 11) is 0. The molecule has 0 fully saturated rings. The summed E-state index contributed by atoms with van der Waals surface area (Å²) in [6.07, 6.45) is -0.435. The molecule has 1 aromatic rings. The van der Waals surface area contributed by atoms with Gasteiger partial charge in [-0.2, -0.15) is 0 Å². The van der Waals surface area contributed by atoms with Crippen LogP contribution in [-0.4, -0.2) is 17.0 Å². The highest BCUT2D eigenvalue weighted by Gasteiger charge is 2.04. The van der Waals surface area contributed by atoms with Gasteiger partial charge in [0.2, 0.25) is 0 Å². The molecule has 0 saturated carbocycles. The summed E-state index contributed by atoms with van der Waals surface area (Å²) in [5.41, 5.74) is 0.903. The van der Waals surface area contributed by atoms with Gasteiger partial charge in [0.1, 0.15) is 5.75 Å². The normalized spacial score (nSPS) is 12.5. The SMILES string of the molecule is CCOc1ccc([C@@H](O)CBr)cc1. The first-order valence-electron chi connectivity index (χ1n) is 4.24. The summed E-state index contributed by atoms with van der Waals surface area (Å²) < 4.78 is 5.28. The van der Waals surface area contributed by atoms with Gasteiger partial charge < -0.3 is 9.84 Å². The third-order valence-corrected chi connectivity index (χ3v) is 2.34. The Morgan fingerprint density at radius 1 is 1.38 bits per heavy atom. The lowest BCUT2D eigenvalue weighted by molar-refractivity contribution is 0.205. The van der Waals surface area contributed by atoms with Crippen molar-refractivity contribution in [1.29, 1.82) is 0 Å². The second kappa shape index (κ2) is 5.25. The molecule has 0 aromatic heterocycles. The number of aliphatic hydroxyl groups excluding tert-OH is 1. The van der Waals surface area contributed by atoms with E-state index in [0.717, 1.165) is 11.3 Å². The topological polar surface area (TPSA) is 29.5 Å². The van der Waals surface area contributed by atoms with Gasteiger partial charge in [0.25, 0.3) is 0 Å². The molecule has 1 rings (SSSR count). The monoisotopic (exact) mass is 244 g/mol. The molecule has 0 aliphatic rings. The van der Waals surface area contributed by atoms with Crippen LogP contribution in [0.15, 0.2) is 24.3 Å². The average Bonchev–Trinajstić information content (AvgIpc) is 2.18. The van der Waals surface area contributed by atoms with Crippen LogP contribution >= 0.6 is 15.9 Å².